The maximum Gasteiger partial charge on any atom is 0.408 e. The van der Waals surface area contributed by atoms with Gasteiger partial charge in [0.1, 0.15) is 23.7 Å². The van der Waals surface area contributed by atoms with Gasteiger partial charge in [0.25, 0.3) is 0 Å². The predicted octanol–water partition coefficient (Wildman–Crippen LogP) is 1.46. The molecule has 0 spiro atoms. The van der Waals surface area contributed by atoms with Crippen molar-refractivity contribution in [2.24, 2.45) is 0 Å². The van der Waals surface area contributed by atoms with Crippen molar-refractivity contribution in [1.29, 1.82) is 0 Å². The molecule has 3 unspecified atom stereocenters. The first kappa shape index (κ1) is 27.4. The van der Waals surface area contributed by atoms with E-state index in [1.165, 1.54) is 30.4 Å². The highest BCUT2D eigenvalue weighted by Gasteiger charge is 2.29. The Morgan fingerprint density at radius 2 is 1.34 bits per heavy atom. The molecule has 4 N–H and O–H groups in total. The average Bonchev–Trinajstić information content (AvgIpc) is 2.59. The van der Waals surface area contributed by atoms with Crippen LogP contribution >= 0.6 is 23.5 Å². The highest BCUT2D eigenvalue weighted by atomic mass is 32.2. The van der Waals surface area contributed by atoms with Crippen molar-refractivity contribution < 1.29 is 29.0 Å². The summed E-state index contributed by atoms with van der Waals surface area (Å²) in [6, 6.07) is -2.86. The maximum atomic E-state index is 12.8. The van der Waals surface area contributed by atoms with E-state index in [1.54, 1.807) is 20.8 Å². The molecule has 0 saturated heterocycles. The molecule has 0 fully saturated rings. The van der Waals surface area contributed by atoms with Crippen LogP contribution in [-0.4, -0.2) is 76.7 Å². The largest absolute Gasteiger partial charge is 0.480 e. The van der Waals surface area contributed by atoms with Crippen LogP contribution in [0.2, 0.25) is 0 Å². The second-order valence-corrected chi connectivity index (χ2v) is 9.36. The summed E-state index contributed by atoms with van der Waals surface area (Å²) in [5.41, 5.74) is -0.710. The molecule has 0 aliphatic heterocycles. The number of carbonyl (C=O) groups is 4. The summed E-state index contributed by atoms with van der Waals surface area (Å²) in [4.78, 5) is 48.3. The van der Waals surface area contributed by atoms with Crippen molar-refractivity contribution in [2.45, 2.75) is 64.3 Å². The van der Waals surface area contributed by atoms with Crippen molar-refractivity contribution in [3.8, 4) is 0 Å². The molecule has 0 aromatic rings. The zero-order chi connectivity index (χ0) is 22.6. The van der Waals surface area contributed by atoms with Crippen molar-refractivity contribution in [1.82, 2.24) is 16.0 Å². The Morgan fingerprint density at radius 3 is 1.76 bits per heavy atom. The van der Waals surface area contributed by atoms with Crippen LogP contribution in [0.4, 0.5) is 4.79 Å². The Morgan fingerprint density at radius 1 is 0.897 bits per heavy atom. The van der Waals surface area contributed by atoms with Crippen molar-refractivity contribution >= 4 is 47.4 Å². The first-order chi connectivity index (χ1) is 13.4. The molecule has 0 bridgehead atoms. The topological polar surface area (TPSA) is 134 Å². The quantitative estimate of drug-likeness (QED) is 0.350. The van der Waals surface area contributed by atoms with E-state index in [0.29, 0.717) is 24.3 Å². The first-order valence-electron chi connectivity index (χ1n) is 9.22. The molecule has 0 saturated carbocycles. The van der Waals surface area contributed by atoms with Gasteiger partial charge in [0.2, 0.25) is 11.8 Å². The Labute approximate surface area is 180 Å². The lowest BCUT2D eigenvalue weighted by atomic mass is 10.1. The summed E-state index contributed by atoms with van der Waals surface area (Å²) in [5.74, 6) is -1.06. The summed E-state index contributed by atoms with van der Waals surface area (Å²) < 4.78 is 5.21. The van der Waals surface area contributed by atoms with E-state index in [0.717, 1.165) is 0 Å². The lowest BCUT2D eigenvalue weighted by Crippen LogP contribution is -2.56. The molecule has 11 heteroatoms. The number of rotatable bonds is 12. The van der Waals surface area contributed by atoms with Crippen LogP contribution in [0.25, 0.3) is 0 Å². The minimum atomic E-state index is -1.17. The summed E-state index contributed by atoms with van der Waals surface area (Å²) in [6.07, 6.45) is 3.71. The number of thioether (sulfide) groups is 2. The second-order valence-electron chi connectivity index (χ2n) is 7.39. The van der Waals surface area contributed by atoms with Gasteiger partial charge in [-0.1, -0.05) is 0 Å². The molecule has 0 radical (unpaired) electrons. The lowest BCUT2D eigenvalue weighted by molar-refractivity contribution is -0.141. The fourth-order valence-corrected chi connectivity index (χ4v) is 3.05. The van der Waals surface area contributed by atoms with Crippen LogP contribution in [0.1, 0.15) is 40.5 Å². The molecule has 3 amide bonds. The van der Waals surface area contributed by atoms with Crippen LogP contribution in [0, 0.1) is 0 Å². The Bertz CT molecular complexity index is 568. The summed E-state index contributed by atoms with van der Waals surface area (Å²) >= 11 is 3.02. The van der Waals surface area contributed by atoms with Gasteiger partial charge >= 0.3 is 12.1 Å². The van der Waals surface area contributed by atoms with Crippen LogP contribution in [0.5, 0.6) is 0 Å². The summed E-state index contributed by atoms with van der Waals surface area (Å²) in [7, 11) is 0. The molecule has 29 heavy (non-hydrogen) atoms. The monoisotopic (exact) mass is 451 g/mol. The molecular weight excluding hydrogens is 418 g/mol. The van der Waals surface area contributed by atoms with E-state index < -0.39 is 47.6 Å². The van der Waals surface area contributed by atoms with Crippen molar-refractivity contribution in [3.05, 3.63) is 0 Å². The highest BCUT2D eigenvalue weighted by Crippen LogP contribution is 2.09. The fourth-order valence-electron chi connectivity index (χ4n) is 2.11. The Balaban J connectivity index is 5.19. The number of carboxylic acids is 1. The number of carbonyl (C=O) groups excluding carboxylic acids is 3. The third-order valence-corrected chi connectivity index (χ3v) is 4.88. The zero-order valence-electron chi connectivity index (χ0n) is 17.9. The third-order valence-electron chi connectivity index (χ3n) is 3.59. The normalized spacial score (nSPS) is 14.3. The van der Waals surface area contributed by atoms with Gasteiger partial charge in [0.15, 0.2) is 0 Å². The van der Waals surface area contributed by atoms with E-state index in [4.69, 9.17) is 9.84 Å². The SMILES string of the molecule is CSCCC(NC(=O)OC(C)(C)C)C(=O)NC(CCSC)C(=O)NC(C)C(=O)O. The van der Waals surface area contributed by atoms with Gasteiger partial charge in [-0.25, -0.2) is 4.79 Å². The summed E-state index contributed by atoms with van der Waals surface area (Å²) in [6.45, 7) is 6.50. The van der Waals surface area contributed by atoms with E-state index in [-0.39, 0.29) is 0 Å². The molecule has 0 aromatic carbocycles. The maximum absolute atomic E-state index is 12.8. The minimum Gasteiger partial charge on any atom is -0.480 e. The number of ether oxygens (including phenoxy) is 1. The van der Waals surface area contributed by atoms with E-state index in [9.17, 15) is 19.2 Å². The number of amides is 3. The molecular formula is C18H33N3O6S2. The standard InChI is InChI=1S/C18H33N3O6S2/c1-11(16(24)25)19-14(22)12(7-9-28-5)20-15(23)13(8-10-29-6)21-17(26)27-18(2,3)4/h11-13H,7-10H2,1-6H3,(H,19,22)(H,20,23)(H,21,26)(H,24,25). The second kappa shape index (κ2) is 13.6. The smallest absolute Gasteiger partial charge is 0.408 e. The third kappa shape index (κ3) is 12.5. The number of hydrogen-bond acceptors (Lipinski definition) is 7. The molecule has 0 aliphatic carbocycles. The Kier molecular flexibility index (Phi) is 12.8. The zero-order valence-corrected chi connectivity index (χ0v) is 19.5. The van der Waals surface area contributed by atoms with Gasteiger partial charge in [0.05, 0.1) is 0 Å². The minimum absolute atomic E-state index is 0.326. The Hall–Kier alpha value is -1.62. The number of aliphatic carboxylic acids is 1. The van der Waals surface area contributed by atoms with Gasteiger partial charge in [-0.05, 0) is 64.6 Å². The molecule has 168 valence electrons. The first-order valence-corrected chi connectivity index (χ1v) is 12.0. The molecule has 9 nitrogen and oxygen atoms in total. The molecule has 0 heterocycles. The van der Waals surface area contributed by atoms with E-state index in [2.05, 4.69) is 16.0 Å². The number of alkyl carbamates (subject to hydrolysis) is 1. The number of nitrogens with one attached hydrogen (secondary N) is 3. The van der Waals surface area contributed by atoms with Gasteiger partial charge in [-0.2, -0.15) is 23.5 Å². The van der Waals surface area contributed by atoms with Crippen LogP contribution in [0.3, 0.4) is 0 Å². The van der Waals surface area contributed by atoms with Crippen LogP contribution in [-0.2, 0) is 19.1 Å². The van der Waals surface area contributed by atoms with Crippen molar-refractivity contribution in [3.63, 3.8) is 0 Å². The fraction of sp³-hybridized carbons (Fsp3) is 0.778. The number of carboxylic acid groups (broad SMARTS) is 1. The van der Waals surface area contributed by atoms with E-state index in [1.807, 2.05) is 12.5 Å². The molecule has 3 atom stereocenters. The summed E-state index contributed by atoms with van der Waals surface area (Å²) in [5, 5.41) is 16.5. The molecule has 0 aromatic heterocycles. The average molecular weight is 452 g/mol. The highest BCUT2D eigenvalue weighted by molar-refractivity contribution is 7.98. The van der Waals surface area contributed by atoms with Crippen molar-refractivity contribution in [2.75, 3.05) is 24.0 Å². The predicted molar refractivity (Wildman–Crippen MR) is 116 cm³/mol. The van der Waals surface area contributed by atoms with Gasteiger partial charge in [-0.15, -0.1) is 0 Å². The van der Waals surface area contributed by atoms with Gasteiger partial charge in [-0.3, -0.25) is 14.4 Å². The van der Waals surface area contributed by atoms with Crippen LogP contribution < -0.4 is 16.0 Å². The molecule has 0 rings (SSSR count). The van der Waals surface area contributed by atoms with Gasteiger partial charge < -0.3 is 25.8 Å². The lowest BCUT2D eigenvalue weighted by Gasteiger charge is -2.25. The van der Waals surface area contributed by atoms with E-state index >= 15 is 0 Å². The van der Waals surface area contributed by atoms with Gasteiger partial charge in [0, 0.05) is 0 Å². The van der Waals surface area contributed by atoms with Crippen LogP contribution in [0.15, 0.2) is 0 Å². The number of hydrogen-bond donors (Lipinski definition) is 4. The molecule has 0 aliphatic rings.